The van der Waals surface area contributed by atoms with Crippen LogP contribution in [0.2, 0.25) is 0 Å². The zero-order chi connectivity index (χ0) is 23.5. The Morgan fingerprint density at radius 3 is 2.36 bits per heavy atom. The van der Waals surface area contributed by atoms with E-state index in [1.807, 2.05) is 42.5 Å². The van der Waals surface area contributed by atoms with Crippen LogP contribution in [-0.2, 0) is 0 Å². The molecule has 3 aromatic rings. The van der Waals surface area contributed by atoms with Gasteiger partial charge in [0.15, 0.2) is 11.5 Å². The number of rotatable bonds is 10. The zero-order valence-electron chi connectivity index (χ0n) is 19.1. The van der Waals surface area contributed by atoms with Crippen molar-refractivity contribution >= 4 is 17.9 Å². The molecule has 2 amide bonds. The summed E-state index contributed by atoms with van der Waals surface area (Å²) in [4.78, 5) is 11.9. The van der Waals surface area contributed by atoms with E-state index in [-0.39, 0.29) is 0 Å². The van der Waals surface area contributed by atoms with Crippen LogP contribution in [0.4, 0.5) is 10.5 Å². The van der Waals surface area contributed by atoms with Crippen molar-refractivity contribution in [3.63, 3.8) is 0 Å². The number of anilines is 1. The standard InChI is InChI=1S/C26H29N3O4/c1-19-14-20(2)16-23(15-19)32-12-7-13-33-24-11-10-21(17-25(24)31-3)18-27-29-26(30)28-22-8-5-4-6-9-22/h4-6,8-11,14-18H,7,12-13H2,1-3H3,(H2,28,29,30)/b27-18-. The Bertz CT molecular complexity index is 1060. The molecule has 0 fully saturated rings. The number of hydrazone groups is 1. The smallest absolute Gasteiger partial charge is 0.339 e. The molecule has 3 rings (SSSR count). The molecule has 0 heterocycles. The Morgan fingerprint density at radius 2 is 1.64 bits per heavy atom. The molecule has 7 nitrogen and oxygen atoms in total. The van der Waals surface area contributed by atoms with Crippen molar-refractivity contribution in [2.45, 2.75) is 20.3 Å². The van der Waals surface area contributed by atoms with Crippen LogP contribution >= 0.6 is 0 Å². The third-order valence-corrected chi connectivity index (χ3v) is 4.61. The van der Waals surface area contributed by atoms with Crippen LogP contribution in [0.5, 0.6) is 17.2 Å². The maximum absolute atomic E-state index is 11.9. The van der Waals surface area contributed by atoms with E-state index in [1.165, 1.54) is 17.3 Å². The van der Waals surface area contributed by atoms with Crippen molar-refractivity contribution in [3.8, 4) is 17.2 Å². The highest BCUT2D eigenvalue weighted by atomic mass is 16.5. The quantitative estimate of drug-likeness (QED) is 0.251. The lowest BCUT2D eigenvalue weighted by Crippen LogP contribution is -2.24. The lowest BCUT2D eigenvalue weighted by atomic mass is 10.1. The average molecular weight is 448 g/mol. The second-order valence-corrected chi connectivity index (χ2v) is 7.47. The van der Waals surface area contributed by atoms with Crippen molar-refractivity contribution in [1.29, 1.82) is 0 Å². The highest BCUT2D eigenvalue weighted by Gasteiger charge is 2.06. The topological polar surface area (TPSA) is 81.2 Å². The van der Waals surface area contributed by atoms with E-state index in [0.717, 1.165) is 17.7 Å². The van der Waals surface area contributed by atoms with Gasteiger partial charge < -0.3 is 19.5 Å². The summed E-state index contributed by atoms with van der Waals surface area (Å²) in [6, 6.07) is 20.3. The molecule has 7 heteroatoms. The van der Waals surface area contributed by atoms with E-state index < -0.39 is 6.03 Å². The number of amides is 2. The molecule has 0 radical (unpaired) electrons. The molecule has 0 saturated carbocycles. The van der Waals surface area contributed by atoms with Gasteiger partial charge in [-0.15, -0.1) is 0 Å². The number of benzene rings is 3. The average Bonchev–Trinajstić information content (AvgIpc) is 2.79. The summed E-state index contributed by atoms with van der Waals surface area (Å²) >= 11 is 0. The first-order chi connectivity index (χ1) is 16.0. The van der Waals surface area contributed by atoms with Crippen LogP contribution in [0.15, 0.2) is 71.8 Å². The summed E-state index contributed by atoms with van der Waals surface area (Å²) in [5, 5.41) is 6.66. The summed E-state index contributed by atoms with van der Waals surface area (Å²) in [6.45, 7) is 5.17. The third kappa shape index (κ3) is 7.88. The third-order valence-electron chi connectivity index (χ3n) is 4.61. The Morgan fingerprint density at radius 1 is 0.909 bits per heavy atom. The fraction of sp³-hybridized carbons (Fsp3) is 0.231. The summed E-state index contributed by atoms with van der Waals surface area (Å²) in [6.07, 6.45) is 2.27. The summed E-state index contributed by atoms with van der Waals surface area (Å²) in [5.41, 5.74) is 6.25. The number of hydrogen-bond donors (Lipinski definition) is 2. The molecule has 0 aliphatic rings. The molecule has 0 spiro atoms. The first-order valence-corrected chi connectivity index (χ1v) is 10.7. The van der Waals surface area contributed by atoms with Crippen molar-refractivity contribution in [1.82, 2.24) is 5.43 Å². The van der Waals surface area contributed by atoms with Gasteiger partial charge in [-0.25, -0.2) is 10.2 Å². The summed E-state index contributed by atoms with van der Waals surface area (Å²) in [5.74, 6) is 2.10. The Labute approximate surface area is 194 Å². The van der Waals surface area contributed by atoms with Gasteiger partial charge in [0.2, 0.25) is 0 Å². The van der Waals surface area contributed by atoms with Crippen LogP contribution in [-0.4, -0.2) is 32.6 Å². The molecule has 0 bridgehead atoms. The van der Waals surface area contributed by atoms with E-state index >= 15 is 0 Å². The molecule has 0 atom stereocenters. The number of urea groups is 1. The van der Waals surface area contributed by atoms with Crippen LogP contribution < -0.4 is 25.0 Å². The fourth-order valence-corrected chi connectivity index (χ4v) is 3.18. The van der Waals surface area contributed by atoms with Gasteiger partial charge in [-0.2, -0.15) is 5.10 Å². The van der Waals surface area contributed by atoms with Crippen LogP contribution in [0, 0.1) is 13.8 Å². The molecular weight excluding hydrogens is 418 g/mol. The van der Waals surface area contributed by atoms with Crippen molar-refractivity contribution in [2.24, 2.45) is 5.10 Å². The fourth-order valence-electron chi connectivity index (χ4n) is 3.18. The number of methoxy groups -OCH3 is 1. The van der Waals surface area contributed by atoms with Gasteiger partial charge in [0.1, 0.15) is 5.75 Å². The number of nitrogens with zero attached hydrogens (tertiary/aromatic N) is 1. The SMILES string of the molecule is COc1cc(/C=N\NC(=O)Nc2ccccc2)ccc1OCCCOc1cc(C)cc(C)c1. The molecular formula is C26H29N3O4. The molecule has 3 aromatic carbocycles. The number of carbonyl (C=O) groups excluding carboxylic acids is 1. The normalized spacial score (nSPS) is 10.6. The molecule has 172 valence electrons. The predicted molar refractivity (Wildman–Crippen MR) is 131 cm³/mol. The number of carbonyl (C=O) groups is 1. The van der Waals surface area contributed by atoms with Gasteiger partial charge in [0.25, 0.3) is 0 Å². The van der Waals surface area contributed by atoms with E-state index in [0.29, 0.717) is 30.4 Å². The van der Waals surface area contributed by atoms with Gasteiger partial charge in [-0.05, 0) is 73.0 Å². The molecule has 0 saturated heterocycles. The van der Waals surface area contributed by atoms with Crippen molar-refractivity contribution in [3.05, 3.63) is 83.4 Å². The van der Waals surface area contributed by atoms with Crippen LogP contribution in [0.1, 0.15) is 23.1 Å². The Balaban J connectivity index is 1.44. The predicted octanol–water partition coefficient (Wildman–Crippen LogP) is 5.32. The Hall–Kier alpha value is -4.00. The number of hydrogen-bond acceptors (Lipinski definition) is 5. The molecule has 0 aromatic heterocycles. The van der Waals surface area contributed by atoms with Gasteiger partial charge in [-0.3, -0.25) is 0 Å². The van der Waals surface area contributed by atoms with E-state index in [1.54, 1.807) is 25.3 Å². The number of ether oxygens (including phenoxy) is 3. The van der Waals surface area contributed by atoms with E-state index in [4.69, 9.17) is 14.2 Å². The number of nitrogens with one attached hydrogen (secondary N) is 2. The first-order valence-electron chi connectivity index (χ1n) is 10.7. The summed E-state index contributed by atoms with van der Waals surface area (Å²) in [7, 11) is 1.58. The minimum atomic E-state index is -0.424. The molecule has 0 aliphatic heterocycles. The van der Waals surface area contributed by atoms with Crippen molar-refractivity contribution < 1.29 is 19.0 Å². The highest BCUT2D eigenvalue weighted by Crippen LogP contribution is 2.27. The van der Waals surface area contributed by atoms with Crippen LogP contribution in [0.25, 0.3) is 0 Å². The molecule has 2 N–H and O–H groups in total. The minimum absolute atomic E-state index is 0.424. The molecule has 33 heavy (non-hydrogen) atoms. The summed E-state index contributed by atoms with van der Waals surface area (Å²) < 4.78 is 17.1. The molecule has 0 aliphatic carbocycles. The second kappa shape index (κ2) is 12.1. The maximum Gasteiger partial charge on any atom is 0.339 e. The van der Waals surface area contributed by atoms with Crippen LogP contribution in [0.3, 0.4) is 0 Å². The first kappa shape index (κ1) is 23.7. The monoisotopic (exact) mass is 447 g/mol. The van der Waals surface area contributed by atoms with Gasteiger partial charge in [0.05, 0.1) is 26.5 Å². The maximum atomic E-state index is 11.9. The Kier molecular flexibility index (Phi) is 8.71. The highest BCUT2D eigenvalue weighted by molar-refractivity contribution is 5.90. The van der Waals surface area contributed by atoms with Crippen molar-refractivity contribution in [2.75, 3.05) is 25.6 Å². The number of para-hydroxylation sites is 1. The van der Waals surface area contributed by atoms with Gasteiger partial charge in [-0.1, -0.05) is 24.3 Å². The zero-order valence-corrected chi connectivity index (χ0v) is 19.1. The lowest BCUT2D eigenvalue weighted by molar-refractivity contribution is 0.240. The largest absolute Gasteiger partial charge is 0.493 e. The van der Waals surface area contributed by atoms with E-state index in [2.05, 4.69) is 35.8 Å². The van der Waals surface area contributed by atoms with Gasteiger partial charge in [0, 0.05) is 12.1 Å². The second-order valence-electron chi connectivity index (χ2n) is 7.47. The number of aryl methyl sites for hydroxylation is 2. The van der Waals surface area contributed by atoms with Gasteiger partial charge >= 0.3 is 6.03 Å². The lowest BCUT2D eigenvalue weighted by Gasteiger charge is -2.12. The molecule has 0 unspecified atom stereocenters. The van der Waals surface area contributed by atoms with E-state index in [9.17, 15) is 4.79 Å². The minimum Gasteiger partial charge on any atom is -0.493 e.